The van der Waals surface area contributed by atoms with Gasteiger partial charge >= 0.3 is 0 Å². The standard InChI is InChI=1S/C21H29N3O3S/c1-3-5-17-14-22-21(23-15-17)24-10-8-18(9-11-24)20(25)13-16-6-4-7-19(12-16)28(2,26)27/h4,6-7,12,14-15,18,20,25H,3,5,8-11,13H2,1-2H3/t20-/m0/s1. The first-order chi connectivity index (χ1) is 13.4. The number of benzene rings is 1. The van der Waals surface area contributed by atoms with Gasteiger partial charge in [0.05, 0.1) is 11.0 Å². The van der Waals surface area contributed by atoms with E-state index in [1.54, 1.807) is 18.2 Å². The van der Waals surface area contributed by atoms with Gasteiger partial charge in [-0.2, -0.15) is 0 Å². The molecule has 1 aromatic heterocycles. The van der Waals surface area contributed by atoms with Crippen molar-refractivity contribution in [3.8, 4) is 0 Å². The van der Waals surface area contributed by atoms with Gasteiger partial charge in [0.25, 0.3) is 0 Å². The molecule has 3 rings (SSSR count). The quantitative estimate of drug-likeness (QED) is 0.765. The summed E-state index contributed by atoms with van der Waals surface area (Å²) in [5.74, 6) is 0.950. The third-order valence-electron chi connectivity index (χ3n) is 5.37. The molecule has 0 aliphatic carbocycles. The minimum atomic E-state index is -3.23. The number of nitrogens with zero attached hydrogens (tertiary/aromatic N) is 3. The smallest absolute Gasteiger partial charge is 0.225 e. The van der Waals surface area contributed by atoms with E-state index in [0.717, 1.165) is 55.8 Å². The first-order valence-electron chi connectivity index (χ1n) is 9.89. The van der Waals surface area contributed by atoms with Gasteiger partial charge in [0.2, 0.25) is 5.95 Å². The summed E-state index contributed by atoms with van der Waals surface area (Å²) in [5, 5.41) is 10.7. The highest BCUT2D eigenvalue weighted by Gasteiger charge is 2.26. The zero-order valence-corrected chi connectivity index (χ0v) is 17.4. The molecule has 6 nitrogen and oxygen atoms in total. The van der Waals surface area contributed by atoms with Crippen LogP contribution in [-0.4, -0.2) is 48.9 Å². The number of rotatable bonds is 7. The van der Waals surface area contributed by atoms with E-state index >= 15 is 0 Å². The fourth-order valence-corrected chi connectivity index (χ4v) is 4.42. The summed E-state index contributed by atoms with van der Waals surface area (Å²) in [6, 6.07) is 6.87. The SMILES string of the molecule is CCCc1cnc(N2CCC([C@@H](O)Cc3cccc(S(C)(=O)=O)c3)CC2)nc1. The molecule has 0 unspecified atom stereocenters. The molecule has 0 spiro atoms. The van der Waals surface area contributed by atoms with Crippen LogP contribution in [0.3, 0.4) is 0 Å². The van der Waals surface area contributed by atoms with Gasteiger partial charge < -0.3 is 10.0 Å². The van der Waals surface area contributed by atoms with Gasteiger partial charge in [-0.3, -0.25) is 0 Å². The van der Waals surface area contributed by atoms with E-state index in [2.05, 4.69) is 21.8 Å². The lowest BCUT2D eigenvalue weighted by atomic mass is 9.88. The minimum Gasteiger partial charge on any atom is -0.392 e. The Kier molecular flexibility index (Phi) is 6.67. The summed E-state index contributed by atoms with van der Waals surface area (Å²) in [6.45, 7) is 3.78. The molecule has 1 aliphatic rings. The van der Waals surface area contributed by atoms with Crippen molar-refractivity contribution in [3.63, 3.8) is 0 Å². The van der Waals surface area contributed by atoms with E-state index in [4.69, 9.17) is 0 Å². The van der Waals surface area contributed by atoms with E-state index in [0.29, 0.717) is 11.3 Å². The third kappa shape index (κ3) is 5.29. The van der Waals surface area contributed by atoms with E-state index < -0.39 is 15.9 Å². The summed E-state index contributed by atoms with van der Waals surface area (Å²) in [7, 11) is -3.23. The van der Waals surface area contributed by atoms with Crippen molar-refractivity contribution in [1.29, 1.82) is 0 Å². The zero-order valence-electron chi connectivity index (χ0n) is 16.6. The van der Waals surface area contributed by atoms with Crippen molar-refractivity contribution in [1.82, 2.24) is 9.97 Å². The Hall–Kier alpha value is -1.99. The Morgan fingerprint density at radius 1 is 1.18 bits per heavy atom. The molecule has 1 fully saturated rings. The van der Waals surface area contributed by atoms with Gasteiger partial charge in [-0.1, -0.05) is 25.5 Å². The van der Waals surface area contributed by atoms with Crippen LogP contribution in [0.25, 0.3) is 0 Å². The molecule has 0 saturated carbocycles. The summed E-state index contributed by atoms with van der Waals surface area (Å²) < 4.78 is 23.4. The van der Waals surface area contributed by atoms with Crippen LogP contribution < -0.4 is 4.90 Å². The van der Waals surface area contributed by atoms with E-state index in [9.17, 15) is 13.5 Å². The Morgan fingerprint density at radius 3 is 2.46 bits per heavy atom. The van der Waals surface area contributed by atoms with Crippen LogP contribution in [0.5, 0.6) is 0 Å². The van der Waals surface area contributed by atoms with Gasteiger partial charge in [0.15, 0.2) is 9.84 Å². The fraction of sp³-hybridized carbons (Fsp3) is 0.524. The Bertz CT molecular complexity index is 876. The van der Waals surface area contributed by atoms with Crippen molar-refractivity contribution in [2.45, 2.75) is 50.0 Å². The van der Waals surface area contributed by atoms with Gasteiger partial charge in [-0.25, -0.2) is 18.4 Å². The second kappa shape index (κ2) is 9.01. The highest BCUT2D eigenvalue weighted by atomic mass is 32.2. The first-order valence-corrected chi connectivity index (χ1v) is 11.8. The number of aliphatic hydroxyl groups is 1. The van der Waals surface area contributed by atoms with E-state index in [-0.39, 0.29) is 5.92 Å². The molecule has 28 heavy (non-hydrogen) atoms. The Morgan fingerprint density at radius 2 is 1.86 bits per heavy atom. The molecule has 2 heterocycles. The molecule has 2 aromatic rings. The topological polar surface area (TPSA) is 83.4 Å². The van der Waals surface area contributed by atoms with Crippen LogP contribution in [-0.2, 0) is 22.7 Å². The summed E-state index contributed by atoms with van der Waals surface area (Å²) >= 11 is 0. The molecular formula is C21H29N3O3S. The van der Waals surface area contributed by atoms with Gasteiger partial charge in [0, 0.05) is 31.7 Å². The van der Waals surface area contributed by atoms with Crippen LogP contribution >= 0.6 is 0 Å². The monoisotopic (exact) mass is 403 g/mol. The predicted molar refractivity (Wildman–Crippen MR) is 110 cm³/mol. The molecule has 0 amide bonds. The zero-order chi connectivity index (χ0) is 20.1. The van der Waals surface area contributed by atoms with Gasteiger partial charge in [-0.15, -0.1) is 0 Å². The average molecular weight is 404 g/mol. The van der Waals surface area contributed by atoms with Crippen molar-refractivity contribution >= 4 is 15.8 Å². The van der Waals surface area contributed by atoms with Crippen molar-refractivity contribution in [3.05, 3.63) is 47.8 Å². The number of piperidine rings is 1. The van der Waals surface area contributed by atoms with Crippen LogP contribution in [0, 0.1) is 5.92 Å². The highest BCUT2D eigenvalue weighted by Crippen LogP contribution is 2.25. The number of aryl methyl sites for hydroxylation is 1. The second-order valence-corrected chi connectivity index (χ2v) is 9.67. The average Bonchev–Trinajstić information content (AvgIpc) is 2.68. The first kappa shape index (κ1) is 20.7. The van der Waals surface area contributed by atoms with E-state index in [1.165, 1.54) is 6.26 Å². The second-order valence-electron chi connectivity index (χ2n) is 7.66. The van der Waals surface area contributed by atoms with Gasteiger partial charge in [0.1, 0.15) is 0 Å². The maximum atomic E-state index is 11.7. The number of aliphatic hydroxyl groups excluding tert-OH is 1. The number of hydrogen-bond donors (Lipinski definition) is 1. The molecule has 7 heteroatoms. The number of sulfone groups is 1. The van der Waals surface area contributed by atoms with Crippen molar-refractivity contribution in [2.75, 3.05) is 24.2 Å². The molecule has 1 aliphatic heterocycles. The van der Waals surface area contributed by atoms with Crippen LogP contribution in [0.1, 0.15) is 37.3 Å². The van der Waals surface area contributed by atoms with E-state index in [1.807, 2.05) is 18.5 Å². The van der Waals surface area contributed by atoms with Gasteiger partial charge in [-0.05, 0) is 54.9 Å². The molecule has 0 bridgehead atoms. The highest BCUT2D eigenvalue weighted by molar-refractivity contribution is 7.90. The van der Waals surface area contributed by atoms with Crippen LogP contribution in [0.2, 0.25) is 0 Å². The third-order valence-corrected chi connectivity index (χ3v) is 6.48. The lowest BCUT2D eigenvalue weighted by Gasteiger charge is -2.34. The minimum absolute atomic E-state index is 0.192. The largest absolute Gasteiger partial charge is 0.392 e. The molecule has 1 aromatic carbocycles. The number of aromatic nitrogens is 2. The number of anilines is 1. The molecule has 0 radical (unpaired) electrons. The maximum Gasteiger partial charge on any atom is 0.225 e. The predicted octanol–water partition coefficient (Wildman–Crippen LogP) is 2.65. The molecule has 1 saturated heterocycles. The van der Waals surface area contributed by atoms with Crippen molar-refractivity contribution in [2.24, 2.45) is 5.92 Å². The van der Waals surface area contributed by atoms with Crippen molar-refractivity contribution < 1.29 is 13.5 Å². The fourth-order valence-electron chi connectivity index (χ4n) is 3.72. The molecule has 1 atom stereocenters. The Balaban J connectivity index is 1.56. The normalized spacial score (nSPS) is 16.9. The van der Waals surface area contributed by atoms with Crippen LogP contribution in [0.15, 0.2) is 41.6 Å². The summed E-state index contributed by atoms with van der Waals surface area (Å²) in [4.78, 5) is 11.4. The Labute approximate surface area is 167 Å². The molecule has 152 valence electrons. The molecular weight excluding hydrogens is 374 g/mol. The lowest BCUT2D eigenvalue weighted by Crippen LogP contribution is -2.39. The summed E-state index contributed by atoms with van der Waals surface area (Å²) in [5.41, 5.74) is 2.01. The number of hydrogen-bond acceptors (Lipinski definition) is 6. The maximum absolute atomic E-state index is 11.7. The lowest BCUT2D eigenvalue weighted by molar-refractivity contribution is 0.0927. The summed E-state index contributed by atoms with van der Waals surface area (Å²) in [6.07, 6.45) is 8.81. The van der Waals surface area contributed by atoms with Crippen LogP contribution in [0.4, 0.5) is 5.95 Å². The molecule has 1 N–H and O–H groups in total.